The minimum absolute atomic E-state index is 0.0149. The third kappa shape index (κ3) is 2.36. The summed E-state index contributed by atoms with van der Waals surface area (Å²) in [5.74, 6) is -19.1. The van der Waals surface area contributed by atoms with E-state index in [1.165, 1.54) is 14.0 Å². The van der Waals surface area contributed by atoms with Gasteiger partial charge < -0.3 is 4.74 Å². The maximum Gasteiger partial charge on any atom is 0.383 e. The lowest BCUT2D eigenvalue weighted by atomic mass is 10.0. The van der Waals surface area contributed by atoms with Gasteiger partial charge in [-0.05, 0) is 30.7 Å². The third-order valence-corrected chi connectivity index (χ3v) is 5.24. The van der Waals surface area contributed by atoms with Crippen molar-refractivity contribution in [3.63, 3.8) is 0 Å². The molecule has 1 aromatic heterocycles. The fourth-order valence-electron chi connectivity index (χ4n) is 2.72. The molecule has 3 rings (SSSR count). The average molecular weight is 396 g/mol. The molecule has 0 saturated carbocycles. The first-order valence-corrected chi connectivity index (χ1v) is 8.06. The number of methoxy groups -OCH3 is 1. The fourth-order valence-corrected chi connectivity index (χ4v) is 3.75. The summed E-state index contributed by atoms with van der Waals surface area (Å²) in [7, 11) is 1.41. The zero-order valence-electron chi connectivity index (χ0n) is 13.3. The lowest BCUT2D eigenvalue weighted by molar-refractivity contribution is -0.263. The van der Waals surface area contributed by atoms with Crippen LogP contribution in [0.25, 0.3) is 16.0 Å². The maximum atomic E-state index is 14.0. The number of thiophene rings is 1. The van der Waals surface area contributed by atoms with E-state index in [9.17, 15) is 30.7 Å². The average Bonchev–Trinajstić information content (AvgIpc) is 2.99. The summed E-state index contributed by atoms with van der Waals surface area (Å²) in [4.78, 5) is 0.340. The first-order valence-electron chi connectivity index (χ1n) is 7.24. The van der Waals surface area contributed by atoms with Gasteiger partial charge in [0.25, 0.3) is 0 Å². The molecule has 0 unspecified atom stereocenters. The van der Waals surface area contributed by atoms with Crippen molar-refractivity contribution >= 4 is 16.9 Å². The second-order valence-electron chi connectivity index (χ2n) is 5.72. The van der Waals surface area contributed by atoms with Gasteiger partial charge in [-0.2, -0.15) is 26.3 Å². The Hall–Kier alpha value is -2.03. The van der Waals surface area contributed by atoms with E-state index in [1.807, 2.05) is 0 Å². The van der Waals surface area contributed by atoms with Crippen molar-refractivity contribution in [3.05, 3.63) is 46.6 Å². The molecule has 1 heterocycles. The summed E-state index contributed by atoms with van der Waals surface area (Å²) in [6.07, 6.45) is 0. The molecule has 26 heavy (non-hydrogen) atoms. The Morgan fingerprint density at radius 1 is 0.962 bits per heavy atom. The highest BCUT2D eigenvalue weighted by molar-refractivity contribution is 7.15. The molecule has 0 bridgehead atoms. The summed E-state index contributed by atoms with van der Waals surface area (Å²) in [6.45, 7) is 1.27. The Morgan fingerprint density at radius 3 is 2.15 bits per heavy atom. The number of benzene rings is 1. The summed E-state index contributed by atoms with van der Waals surface area (Å²) in [5, 5.41) is 0. The molecule has 0 fully saturated rings. The first-order chi connectivity index (χ1) is 11.9. The minimum Gasteiger partial charge on any atom is -0.497 e. The molecule has 0 amide bonds. The Labute approximate surface area is 147 Å². The molecule has 2 aromatic rings. The van der Waals surface area contributed by atoms with Crippen molar-refractivity contribution in [1.82, 2.24) is 0 Å². The Kier molecular flexibility index (Phi) is 4.14. The second-order valence-corrected chi connectivity index (χ2v) is 6.98. The Balaban J connectivity index is 2.17. The largest absolute Gasteiger partial charge is 0.497 e. The molecular weight excluding hydrogens is 385 g/mol. The quantitative estimate of drug-likeness (QED) is 0.551. The van der Waals surface area contributed by atoms with E-state index in [2.05, 4.69) is 0 Å². The number of ether oxygens (including phenoxy) is 1. The number of halogens is 7. The van der Waals surface area contributed by atoms with Crippen LogP contribution in [0.4, 0.5) is 30.7 Å². The van der Waals surface area contributed by atoms with E-state index in [0.29, 0.717) is 16.2 Å². The van der Waals surface area contributed by atoms with Crippen molar-refractivity contribution < 1.29 is 35.5 Å². The van der Waals surface area contributed by atoms with Gasteiger partial charge in [-0.3, -0.25) is 0 Å². The van der Waals surface area contributed by atoms with E-state index >= 15 is 0 Å². The van der Waals surface area contributed by atoms with Crippen LogP contribution in [0.2, 0.25) is 0 Å². The van der Waals surface area contributed by atoms with Crippen molar-refractivity contribution in [2.45, 2.75) is 24.7 Å². The normalized spacial score (nSPS) is 20.5. The van der Waals surface area contributed by atoms with Crippen LogP contribution in [0.5, 0.6) is 5.75 Å². The van der Waals surface area contributed by atoms with Crippen LogP contribution in [-0.2, 0) is 0 Å². The number of aryl methyl sites for hydroxylation is 1. The highest BCUT2D eigenvalue weighted by Gasteiger charge is 2.81. The van der Waals surface area contributed by atoms with Crippen LogP contribution < -0.4 is 4.74 Å². The van der Waals surface area contributed by atoms with Gasteiger partial charge in [-0.15, -0.1) is 11.3 Å². The molecule has 1 aliphatic carbocycles. The molecule has 0 aliphatic heterocycles. The highest BCUT2D eigenvalue weighted by atomic mass is 32.1. The van der Waals surface area contributed by atoms with Gasteiger partial charge in [0.2, 0.25) is 0 Å². The number of alkyl halides is 6. The van der Waals surface area contributed by atoms with E-state index in [4.69, 9.17) is 4.74 Å². The second kappa shape index (κ2) is 5.73. The van der Waals surface area contributed by atoms with Crippen LogP contribution >= 0.6 is 11.3 Å². The molecular formula is C17H11F7OS. The highest BCUT2D eigenvalue weighted by Crippen LogP contribution is 2.63. The van der Waals surface area contributed by atoms with Crippen LogP contribution in [-0.4, -0.2) is 24.9 Å². The molecule has 1 nitrogen and oxygen atoms in total. The van der Waals surface area contributed by atoms with Crippen LogP contribution in [0.3, 0.4) is 0 Å². The van der Waals surface area contributed by atoms with E-state index in [1.54, 1.807) is 24.3 Å². The molecule has 0 atom stereocenters. The smallest absolute Gasteiger partial charge is 0.383 e. The van der Waals surface area contributed by atoms with Gasteiger partial charge in [0.05, 0.1) is 12.7 Å². The minimum atomic E-state index is -5.84. The first kappa shape index (κ1) is 18.8. The zero-order valence-corrected chi connectivity index (χ0v) is 14.2. The summed E-state index contributed by atoms with van der Waals surface area (Å²) < 4.78 is 101. The van der Waals surface area contributed by atoms with E-state index in [0.717, 1.165) is 17.4 Å². The van der Waals surface area contributed by atoms with E-state index in [-0.39, 0.29) is 4.88 Å². The molecule has 9 heteroatoms. The third-order valence-electron chi connectivity index (χ3n) is 4.14. The van der Waals surface area contributed by atoms with Crippen molar-refractivity contribution in [1.29, 1.82) is 0 Å². The van der Waals surface area contributed by atoms with Gasteiger partial charge in [0, 0.05) is 15.3 Å². The van der Waals surface area contributed by atoms with Gasteiger partial charge in [-0.1, -0.05) is 12.1 Å². The molecule has 1 aliphatic rings. The monoisotopic (exact) mass is 396 g/mol. The SMILES string of the molecule is COc1cccc(-c2cc(C3=C(F)C(F)(F)C(F)(F)C3(F)F)c(C)s2)c1. The summed E-state index contributed by atoms with van der Waals surface area (Å²) in [6, 6.07) is 7.39. The molecule has 0 saturated heterocycles. The van der Waals surface area contributed by atoms with E-state index < -0.39 is 34.7 Å². The van der Waals surface area contributed by atoms with Crippen molar-refractivity contribution in [2.24, 2.45) is 0 Å². The number of hydrogen-bond acceptors (Lipinski definition) is 2. The van der Waals surface area contributed by atoms with Crippen molar-refractivity contribution in [3.8, 4) is 16.2 Å². The van der Waals surface area contributed by atoms with Gasteiger partial charge >= 0.3 is 17.8 Å². The topological polar surface area (TPSA) is 9.23 Å². The van der Waals surface area contributed by atoms with Crippen LogP contribution in [0.15, 0.2) is 36.2 Å². The molecule has 1 aromatic carbocycles. The zero-order chi connectivity index (χ0) is 19.5. The predicted molar refractivity (Wildman–Crippen MR) is 83.9 cm³/mol. The standard InChI is InChI=1S/C17H11F7OS/c1-8-11(7-12(26-8)9-4-3-5-10(6-9)25-2)13-14(18)16(21,22)17(23,24)15(13,19)20/h3-7H,1-2H3. The van der Waals surface area contributed by atoms with Crippen molar-refractivity contribution in [2.75, 3.05) is 7.11 Å². The molecule has 0 radical (unpaired) electrons. The molecule has 0 spiro atoms. The lowest BCUT2D eigenvalue weighted by Gasteiger charge is -2.24. The Morgan fingerprint density at radius 2 is 1.62 bits per heavy atom. The fraction of sp³-hybridized carbons (Fsp3) is 0.294. The molecule has 140 valence electrons. The van der Waals surface area contributed by atoms with Gasteiger partial charge in [0.15, 0.2) is 5.83 Å². The summed E-state index contributed by atoms with van der Waals surface area (Å²) in [5.41, 5.74) is -2.13. The van der Waals surface area contributed by atoms with Crippen LogP contribution in [0, 0.1) is 6.92 Å². The van der Waals surface area contributed by atoms with Crippen LogP contribution in [0.1, 0.15) is 10.4 Å². The number of rotatable bonds is 3. The number of allylic oxidation sites excluding steroid dienone is 2. The molecule has 0 N–H and O–H groups in total. The lowest BCUT2D eigenvalue weighted by Crippen LogP contribution is -2.48. The maximum absolute atomic E-state index is 14.0. The summed E-state index contributed by atoms with van der Waals surface area (Å²) >= 11 is 0.897. The van der Waals surface area contributed by atoms with Gasteiger partial charge in [-0.25, -0.2) is 4.39 Å². The van der Waals surface area contributed by atoms with Gasteiger partial charge in [0.1, 0.15) is 5.75 Å². The Bertz CT molecular complexity index is 898. The number of hydrogen-bond donors (Lipinski definition) is 0. The predicted octanol–water partition coefficient (Wildman–Crippen LogP) is 6.33.